The summed E-state index contributed by atoms with van der Waals surface area (Å²) in [6, 6.07) is 5.64. The van der Waals surface area contributed by atoms with Crippen LogP contribution in [0.2, 0.25) is 0 Å². The third kappa shape index (κ3) is 2.39. The van der Waals surface area contributed by atoms with Crippen LogP contribution in [0.5, 0.6) is 0 Å². The molecule has 0 aliphatic heterocycles. The maximum Gasteiger partial charge on any atom is 0.270 e. The molecule has 17 heavy (non-hydrogen) atoms. The summed E-state index contributed by atoms with van der Waals surface area (Å²) in [4.78, 5) is 21.5. The highest BCUT2D eigenvalue weighted by Gasteiger charge is 2.30. The maximum atomic E-state index is 11.5. The number of anilines is 1. The van der Waals surface area contributed by atoms with E-state index in [0.717, 1.165) is 18.9 Å². The first-order chi connectivity index (χ1) is 8.11. The SMILES string of the molecule is N#Cc1cc([N+](=O)[O-])ccc1NC(=O)C1CC1. The minimum Gasteiger partial charge on any atom is -0.325 e. The van der Waals surface area contributed by atoms with E-state index in [-0.39, 0.29) is 23.1 Å². The van der Waals surface area contributed by atoms with E-state index >= 15 is 0 Å². The van der Waals surface area contributed by atoms with Crippen molar-refractivity contribution in [1.29, 1.82) is 5.26 Å². The summed E-state index contributed by atoms with van der Waals surface area (Å²) in [5.74, 6) is -0.105. The molecule has 0 saturated heterocycles. The van der Waals surface area contributed by atoms with Gasteiger partial charge in [0.25, 0.3) is 5.69 Å². The van der Waals surface area contributed by atoms with Crippen LogP contribution in [0.25, 0.3) is 0 Å². The lowest BCUT2D eigenvalue weighted by Crippen LogP contribution is -2.14. The summed E-state index contributed by atoms with van der Waals surface area (Å²) in [5.41, 5.74) is 0.272. The number of nitro groups is 1. The van der Waals surface area contributed by atoms with Crippen LogP contribution in [0, 0.1) is 27.4 Å². The molecule has 86 valence electrons. The van der Waals surface area contributed by atoms with Crippen molar-refractivity contribution in [3.05, 3.63) is 33.9 Å². The van der Waals surface area contributed by atoms with Gasteiger partial charge >= 0.3 is 0 Å². The van der Waals surface area contributed by atoms with E-state index in [9.17, 15) is 14.9 Å². The standard InChI is InChI=1S/C11H9N3O3/c12-6-8-5-9(14(16)17)3-4-10(8)13-11(15)7-1-2-7/h3-5,7H,1-2H2,(H,13,15). The summed E-state index contributed by atoms with van der Waals surface area (Å²) >= 11 is 0. The topological polar surface area (TPSA) is 96.0 Å². The highest BCUT2D eigenvalue weighted by Crippen LogP contribution is 2.31. The van der Waals surface area contributed by atoms with Crippen LogP contribution in [-0.2, 0) is 4.79 Å². The molecule has 1 fully saturated rings. The Bertz CT molecular complexity index is 529. The molecule has 2 rings (SSSR count). The van der Waals surface area contributed by atoms with Crippen molar-refractivity contribution in [2.24, 2.45) is 5.92 Å². The van der Waals surface area contributed by atoms with Gasteiger partial charge in [0.05, 0.1) is 16.2 Å². The second kappa shape index (κ2) is 4.22. The van der Waals surface area contributed by atoms with E-state index in [1.165, 1.54) is 12.1 Å². The minimum absolute atomic E-state index is 0.0248. The highest BCUT2D eigenvalue weighted by molar-refractivity contribution is 5.95. The van der Waals surface area contributed by atoms with Gasteiger partial charge in [-0.1, -0.05) is 0 Å². The number of benzene rings is 1. The Morgan fingerprint density at radius 2 is 2.24 bits per heavy atom. The van der Waals surface area contributed by atoms with E-state index < -0.39 is 4.92 Å². The number of hydrogen-bond acceptors (Lipinski definition) is 4. The van der Waals surface area contributed by atoms with Gasteiger partial charge in [0, 0.05) is 18.1 Å². The van der Waals surface area contributed by atoms with Gasteiger partial charge in [-0.3, -0.25) is 14.9 Å². The first-order valence-corrected chi connectivity index (χ1v) is 5.11. The van der Waals surface area contributed by atoms with E-state index in [1.807, 2.05) is 6.07 Å². The van der Waals surface area contributed by atoms with E-state index in [1.54, 1.807) is 0 Å². The normalized spacial score (nSPS) is 13.8. The average Bonchev–Trinajstić information content (AvgIpc) is 3.13. The zero-order valence-electron chi connectivity index (χ0n) is 8.84. The van der Waals surface area contributed by atoms with Crippen LogP contribution in [-0.4, -0.2) is 10.8 Å². The number of nitro benzene ring substituents is 1. The molecule has 6 heteroatoms. The van der Waals surface area contributed by atoms with Gasteiger partial charge in [-0.2, -0.15) is 5.26 Å². The van der Waals surface area contributed by atoms with Gasteiger partial charge in [-0.25, -0.2) is 0 Å². The second-order valence-electron chi connectivity index (χ2n) is 3.86. The first kappa shape index (κ1) is 11.1. The molecular weight excluding hydrogens is 222 g/mol. The molecule has 1 saturated carbocycles. The van der Waals surface area contributed by atoms with Crippen LogP contribution >= 0.6 is 0 Å². The fraction of sp³-hybridized carbons (Fsp3) is 0.273. The Kier molecular flexibility index (Phi) is 2.75. The summed E-state index contributed by atoms with van der Waals surface area (Å²) in [6.07, 6.45) is 1.72. The largest absolute Gasteiger partial charge is 0.325 e. The van der Waals surface area contributed by atoms with Crippen LogP contribution in [0.1, 0.15) is 18.4 Å². The Labute approximate surface area is 97.0 Å². The zero-order chi connectivity index (χ0) is 12.4. The Morgan fingerprint density at radius 1 is 1.53 bits per heavy atom. The molecule has 6 nitrogen and oxygen atoms in total. The third-order valence-corrected chi connectivity index (χ3v) is 2.54. The molecular formula is C11H9N3O3. The molecule has 0 atom stereocenters. The number of nitrogens with zero attached hydrogens (tertiary/aromatic N) is 2. The van der Waals surface area contributed by atoms with Crippen molar-refractivity contribution >= 4 is 17.3 Å². The zero-order valence-corrected chi connectivity index (χ0v) is 8.84. The van der Waals surface area contributed by atoms with Gasteiger partial charge in [-0.05, 0) is 18.9 Å². The minimum atomic E-state index is -0.576. The maximum absolute atomic E-state index is 11.5. The summed E-state index contributed by atoms with van der Waals surface area (Å²) in [5, 5.41) is 22.0. The predicted molar refractivity (Wildman–Crippen MR) is 59.2 cm³/mol. The number of amides is 1. The lowest BCUT2D eigenvalue weighted by Gasteiger charge is -2.05. The van der Waals surface area contributed by atoms with Crippen LogP contribution in [0.4, 0.5) is 11.4 Å². The van der Waals surface area contributed by atoms with E-state index in [2.05, 4.69) is 5.32 Å². The number of carbonyl (C=O) groups is 1. The predicted octanol–water partition coefficient (Wildman–Crippen LogP) is 1.81. The van der Waals surface area contributed by atoms with E-state index in [0.29, 0.717) is 5.69 Å². The molecule has 1 aromatic rings. The molecule has 0 aromatic heterocycles. The summed E-state index contributed by atoms with van der Waals surface area (Å²) < 4.78 is 0. The molecule has 0 spiro atoms. The van der Waals surface area contributed by atoms with Gasteiger partial charge < -0.3 is 5.32 Å². The Hall–Kier alpha value is -2.42. The Morgan fingerprint density at radius 3 is 2.76 bits per heavy atom. The van der Waals surface area contributed by atoms with Gasteiger partial charge in [0.2, 0.25) is 5.91 Å². The molecule has 0 heterocycles. The van der Waals surface area contributed by atoms with Crippen LogP contribution < -0.4 is 5.32 Å². The summed E-state index contributed by atoms with van der Waals surface area (Å²) in [7, 11) is 0. The molecule has 1 aliphatic rings. The van der Waals surface area contributed by atoms with Gasteiger partial charge in [0.1, 0.15) is 6.07 Å². The quantitative estimate of drug-likeness (QED) is 0.633. The molecule has 1 N–H and O–H groups in total. The smallest absolute Gasteiger partial charge is 0.270 e. The molecule has 1 aliphatic carbocycles. The molecule has 1 amide bonds. The van der Waals surface area contributed by atoms with Crippen molar-refractivity contribution in [2.45, 2.75) is 12.8 Å². The molecule has 1 aromatic carbocycles. The molecule has 0 unspecified atom stereocenters. The van der Waals surface area contributed by atoms with Crippen molar-refractivity contribution in [3.8, 4) is 6.07 Å². The summed E-state index contributed by atoms with van der Waals surface area (Å²) in [6.45, 7) is 0. The number of carbonyl (C=O) groups excluding carboxylic acids is 1. The average molecular weight is 231 g/mol. The third-order valence-electron chi connectivity index (χ3n) is 2.54. The lowest BCUT2D eigenvalue weighted by atomic mass is 10.1. The van der Waals surface area contributed by atoms with E-state index in [4.69, 9.17) is 5.26 Å². The van der Waals surface area contributed by atoms with Gasteiger partial charge in [0.15, 0.2) is 0 Å². The molecule has 0 bridgehead atoms. The fourth-order valence-electron chi connectivity index (χ4n) is 1.43. The van der Waals surface area contributed by atoms with Crippen molar-refractivity contribution < 1.29 is 9.72 Å². The lowest BCUT2D eigenvalue weighted by molar-refractivity contribution is -0.384. The van der Waals surface area contributed by atoms with Gasteiger partial charge in [-0.15, -0.1) is 0 Å². The van der Waals surface area contributed by atoms with Crippen molar-refractivity contribution in [2.75, 3.05) is 5.32 Å². The second-order valence-corrected chi connectivity index (χ2v) is 3.86. The van der Waals surface area contributed by atoms with Crippen LogP contribution in [0.3, 0.4) is 0 Å². The van der Waals surface area contributed by atoms with Crippen molar-refractivity contribution in [3.63, 3.8) is 0 Å². The monoisotopic (exact) mass is 231 g/mol. The highest BCUT2D eigenvalue weighted by atomic mass is 16.6. The number of hydrogen-bond donors (Lipinski definition) is 1. The number of nitriles is 1. The first-order valence-electron chi connectivity index (χ1n) is 5.11. The van der Waals surface area contributed by atoms with Crippen LogP contribution in [0.15, 0.2) is 18.2 Å². The number of rotatable bonds is 3. The molecule has 0 radical (unpaired) electrons. The number of non-ortho nitro benzene ring substituents is 1. The number of nitrogens with one attached hydrogen (secondary N) is 1. The Balaban J connectivity index is 2.24. The fourth-order valence-corrected chi connectivity index (χ4v) is 1.43. The van der Waals surface area contributed by atoms with Crippen molar-refractivity contribution in [1.82, 2.24) is 0 Å².